The maximum atomic E-state index is 12.6. The highest BCUT2D eigenvalue weighted by Crippen LogP contribution is 2.25. The van der Waals surface area contributed by atoms with Crippen molar-refractivity contribution < 1.29 is 13.2 Å². The average Bonchev–Trinajstić information content (AvgIpc) is 2.39. The lowest BCUT2D eigenvalue weighted by atomic mass is 10.1. The second-order valence-corrected chi connectivity index (χ2v) is 6.86. The third-order valence-corrected chi connectivity index (χ3v) is 5.32. The molecule has 1 aliphatic heterocycles. The van der Waals surface area contributed by atoms with Gasteiger partial charge in [-0.15, -0.1) is 0 Å². The molecule has 20 heavy (non-hydrogen) atoms. The molecule has 0 saturated heterocycles. The van der Waals surface area contributed by atoms with Crippen LogP contribution in [0.5, 0.6) is 0 Å². The maximum absolute atomic E-state index is 12.6. The zero-order valence-electron chi connectivity index (χ0n) is 11.8. The number of benzene rings is 1. The summed E-state index contributed by atoms with van der Waals surface area (Å²) < 4.78 is 31.7. The van der Waals surface area contributed by atoms with Crippen LogP contribution in [0.1, 0.15) is 12.0 Å². The number of anilines is 1. The number of methoxy groups -OCH3 is 1. The summed E-state index contributed by atoms with van der Waals surface area (Å²) in [6, 6.07) is 5.02. The molecule has 110 valence electrons. The predicted octanol–water partition coefficient (Wildman–Crippen LogP) is 1.54. The van der Waals surface area contributed by atoms with E-state index in [0.717, 1.165) is 11.1 Å². The minimum atomic E-state index is -3.52. The normalized spacial score (nSPS) is 17.0. The molecule has 0 bridgehead atoms. The number of nitrogens with zero attached hydrogens (tertiary/aromatic N) is 1. The highest BCUT2D eigenvalue weighted by molar-refractivity contribution is 7.89. The Hall–Kier alpha value is -1.37. The zero-order valence-corrected chi connectivity index (χ0v) is 12.6. The molecule has 2 N–H and O–H groups in total. The van der Waals surface area contributed by atoms with Crippen LogP contribution < -0.4 is 5.73 Å². The summed E-state index contributed by atoms with van der Waals surface area (Å²) in [6.07, 6.45) is 2.60. The van der Waals surface area contributed by atoms with Crippen molar-refractivity contribution in [3.8, 4) is 0 Å². The SMILES string of the molecule is COCC1=CCN(S(=O)(=O)c2ccc(C)cc2N)CC1. The highest BCUT2D eigenvalue weighted by Gasteiger charge is 2.27. The Morgan fingerprint density at radius 2 is 2.15 bits per heavy atom. The number of aryl methyl sites for hydroxylation is 1. The third-order valence-electron chi connectivity index (χ3n) is 3.38. The van der Waals surface area contributed by atoms with Crippen molar-refractivity contribution in [2.24, 2.45) is 0 Å². The van der Waals surface area contributed by atoms with Gasteiger partial charge in [0, 0.05) is 20.2 Å². The van der Waals surface area contributed by atoms with Gasteiger partial charge < -0.3 is 10.5 Å². The van der Waals surface area contributed by atoms with Crippen LogP contribution in [0.15, 0.2) is 34.7 Å². The van der Waals surface area contributed by atoms with Crippen LogP contribution in [0, 0.1) is 6.92 Å². The number of hydrogen-bond donors (Lipinski definition) is 1. The lowest BCUT2D eigenvalue weighted by molar-refractivity contribution is 0.219. The van der Waals surface area contributed by atoms with Gasteiger partial charge in [-0.1, -0.05) is 12.1 Å². The Labute approximate surface area is 120 Å². The number of rotatable bonds is 4. The Balaban J connectivity index is 2.24. The lowest BCUT2D eigenvalue weighted by Gasteiger charge is -2.26. The first-order valence-corrected chi connectivity index (χ1v) is 7.92. The van der Waals surface area contributed by atoms with Crippen LogP contribution in [0.2, 0.25) is 0 Å². The second-order valence-electron chi connectivity index (χ2n) is 4.95. The lowest BCUT2D eigenvalue weighted by Crippen LogP contribution is -2.35. The van der Waals surface area contributed by atoms with E-state index in [1.165, 1.54) is 4.31 Å². The van der Waals surface area contributed by atoms with Gasteiger partial charge in [0.2, 0.25) is 10.0 Å². The van der Waals surface area contributed by atoms with Gasteiger partial charge in [0.1, 0.15) is 4.90 Å². The number of nitrogen functional groups attached to an aromatic ring is 1. The predicted molar refractivity (Wildman–Crippen MR) is 78.9 cm³/mol. The largest absolute Gasteiger partial charge is 0.398 e. The van der Waals surface area contributed by atoms with Gasteiger partial charge in [-0.3, -0.25) is 0 Å². The zero-order chi connectivity index (χ0) is 14.8. The monoisotopic (exact) mass is 296 g/mol. The topological polar surface area (TPSA) is 72.6 Å². The van der Waals surface area contributed by atoms with Crippen molar-refractivity contribution in [2.45, 2.75) is 18.2 Å². The standard InChI is InChI=1S/C14H20N2O3S/c1-11-3-4-14(13(15)9-11)20(17,18)16-7-5-12(6-8-16)10-19-2/h3-5,9H,6-8,10,15H2,1-2H3. The van der Waals surface area contributed by atoms with Crippen LogP contribution in [0.4, 0.5) is 5.69 Å². The molecule has 6 heteroatoms. The Kier molecular flexibility index (Phi) is 4.47. The molecule has 0 aromatic heterocycles. The van der Waals surface area contributed by atoms with Crippen LogP contribution in [0.3, 0.4) is 0 Å². The molecule has 1 heterocycles. The molecular weight excluding hydrogens is 276 g/mol. The van der Waals surface area contributed by atoms with E-state index < -0.39 is 10.0 Å². The van der Waals surface area contributed by atoms with Gasteiger partial charge in [0.25, 0.3) is 0 Å². The van der Waals surface area contributed by atoms with Crippen molar-refractivity contribution in [3.05, 3.63) is 35.4 Å². The molecule has 0 aliphatic carbocycles. The molecule has 2 rings (SSSR count). The molecular formula is C14H20N2O3S. The average molecular weight is 296 g/mol. The summed E-state index contributed by atoms with van der Waals surface area (Å²) in [5.74, 6) is 0. The molecule has 1 aromatic carbocycles. The van der Waals surface area contributed by atoms with Crippen molar-refractivity contribution in [3.63, 3.8) is 0 Å². The van der Waals surface area contributed by atoms with Gasteiger partial charge in [-0.2, -0.15) is 4.31 Å². The van der Waals surface area contributed by atoms with Gasteiger partial charge in [-0.25, -0.2) is 8.42 Å². The van der Waals surface area contributed by atoms with E-state index in [0.29, 0.717) is 31.8 Å². The number of ether oxygens (including phenoxy) is 1. The van der Waals surface area contributed by atoms with Crippen molar-refractivity contribution >= 4 is 15.7 Å². The fourth-order valence-corrected chi connectivity index (χ4v) is 3.75. The molecule has 1 aliphatic rings. The summed E-state index contributed by atoms with van der Waals surface area (Å²) in [4.78, 5) is 0.187. The summed E-state index contributed by atoms with van der Waals surface area (Å²) in [6.45, 7) is 3.27. The summed E-state index contributed by atoms with van der Waals surface area (Å²) in [5.41, 5.74) is 8.23. The molecule has 0 spiro atoms. The van der Waals surface area contributed by atoms with Crippen LogP contribution in [-0.2, 0) is 14.8 Å². The molecule has 0 saturated carbocycles. The van der Waals surface area contributed by atoms with Crippen LogP contribution >= 0.6 is 0 Å². The van der Waals surface area contributed by atoms with Gasteiger partial charge >= 0.3 is 0 Å². The van der Waals surface area contributed by atoms with E-state index in [1.54, 1.807) is 25.3 Å². The quantitative estimate of drug-likeness (QED) is 0.676. The molecule has 0 amide bonds. The summed E-state index contributed by atoms with van der Waals surface area (Å²) >= 11 is 0. The second kappa shape index (κ2) is 5.95. The van der Waals surface area contributed by atoms with Crippen molar-refractivity contribution in [1.82, 2.24) is 4.31 Å². The Bertz CT molecular complexity index is 623. The maximum Gasteiger partial charge on any atom is 0.245 e. The van der Waals surface area contributed by atoms with Gasteiger partial charge in [0.15, 0.2) is 0 Å². The fraction of sp³-hybridized carbons (Fsp3) is 0.429. The van der Waals surface area contributed by atoms with E-state index >= 15 is 0 Å². The van der Waals surface area contributed by atoms with E-state index in [-0.39, 0.29) is 4.90 Å². The molecule has 5 nitrogen and oxygen atoms in total. The number of sulfonamides is 1. The molecule has 0 radical (unpaired) electrons. The first kappa shape index (κ1) is 15.0. The smallest absolute Gasteiger partial charge is 0.245 e. The van der Waals surface area contributed by atoms with Crippen LogP contribution in [-0.4, -0.2) is 39.5 Å². The van der Waals surface area contributed by atoms with Crippen molar-refractivity contribution in [2.75, 3.05) is 32.5 Å². The van der Waals surface area contributed by atoms with E-state index in [9.17, 15) is 8.42 Å². The minimum absolute atomic E-state index is 0.187. The molecule has 0 fully saturated rings. The fourth-order valence-electron chi connectivity index (χ4n) is 2.27. The molecule has 0 unspecified atom stereocenters. The van der Waals surface area contributed by atoms with E-state index in [1.807, 2.05) is 13.0 Å². The highest BCUT2D eigenvalue weighted by atomic mass is 32.2. The van der Waals surface area contributed by atoms with E-state index in [4.69, 9.17) is 10.5 Å². The summed E-state index contributed by atoms with van der Waals surface area (Å²) in [5, 5.41) is 0. The first-order valence-electron chi connectivity index (χ1n) is 6.48. The van der Waals surface area contributed by atoms with Gasteiger partial charge in [0.05, 0.1) is 12.3 Å². The van der Waals surface area contributed by atoms with Gasteiger partial charge in [-0.05, 0) is 36.6 Å². The molecule has 1 aromatic rings. The third kappa shape index (κ3) is 3.03. The Morgan fingerprint density at radius 1 is 1.40 bits per heavy atom. The number of hydrogen-bond acceptors (Lipinski definition) is 4. The molecule has 0 atom stereocenters. The van der Waals surface area contributed by atoms with Crippen LogP contribution in [0.25, 0.3) is 0 Å². The Morgan fingerprint density at radius 3 is 2.70 bits per heavy atom. The number of nitrogens with two attached hydrogens (primary N) is 1. The minimum Gasteiger partial charge on any atom is -0.398 e. The van der Waals surface area contributed by atoms with E-state index in [2.05, 4.69) is 0 Å². The summed E-state index contributed by atoms with van der Waals surface area (Å²) in [7, 11) is -1.89. The first-order chi connectivity index (χ1) is 9.45. The van der Waals surface area contributed by atoms with Crippen molar-refractivity contribution in [1.29, 1.82) is 0 Å².